The first-order valence-corrected chi connectivity index (χ1v) is 7.15. The van der Waals surface area contributed by atoms with Gasteiger partial charge in [-0.05, 0) is 47.3 Å². The lowest BCUT2D eigenvalue weighted by atomic mass is 10.0. The number of halogens is 1. The summed E-state index contributed by atoms with van der Waals surface area (Å²) in [7, 11) is 0. The molecule has 0 aliphatic heterocycles. The average molecular weight is 357 g/mol. The number of nitrogens with one attached hydrogen (secondary N) is 1. The number of hydrogen-bond acceptors (Lipinski definition) is 4. The second-order valence-electron chi connectivity index (χ2n) is 4.96. The molecule has 2 rings (SSSR count). The minimum Gasteiger partial charge on any atom is -0.481 e. The Kier molecular flexibility index (Phi) is 4.56. The summed E-state index contributed by atoms with van der Waals surface area (Å²) in [5.41, 5.74) is 0.357. The Morgan fingerprint density at radius 3 is 2.52 bits per heavy atom. The van der Waals surface area contributed by atoms with Gasteiger partial charge in [0, 0.05) is 17.7 Å². The number of carboxylic acid groups (broad SMARTS) is 1. The number of carbonyl (C=O) groups excluding carboxylic acids is 1. The quantitative estimate of drug-likeness (QED) is 0.636. The van der Waals surface area contributed by atoms with Gasteiger partial charge in [-0.15, -0.1) is 0 Å². The first-order chi connectivity index (χ1) is 9.88. The van der Waals surface area contributed by atoms with Crippen molar-refractivity contribution in [1.29, 1.82) is 0 Å². The van der Waals surface area contributed by atoms with Crippen LogP contribution in [-0.2, 0) is 9.59 Å². The van der Waals surface area contributed by atoms with Crippen LogP contribution in [0.15, 0.2) is 22.7 Å². The maximum absolute atomic E-state index is 12.1. The molecular formula is C13H13BrN2O5. The van der Waals surface area contributed by atoms with Gasteiger partial charge in [-0.2, -0.15) is 0 Å². The highest BCUT2D eigenvalue weighted by Gasteiger charge is 2.33. The first-order valence-electron chi connectivity index (χ1n) is 6.36. The zero-order chi connectivity index (χ0) is 15.6. The molecule has 2 atom stereocenters. The van der Waals surface area contributed by atoms with E-state index in [4.69, 9.17) is 5.11 Å². The van der Waals surface area contributed by atoms with Gasteiger partial charge in [0.1, 0.15) is 0 Å². The molecule has 7 nitrogen and oxygen atoms in total. The van der Waals surface area contributed by atoms with Crippen molar-refractivity contribution in [3.05, 3.63) is 32.8 Å². The molecular weight excluding hydrogens is 344 g/mol. The second kappa shape index (κ2) is 6.21. The van der Waals surface area contributed by atoms with Crippen LogP contribution in [0, 0.1) is 22.0 Å². The number of aliphatic carboxylic acids is 1. The van der Waals surface area contributed by atoms with Gasteiger partial charge in [0.15, 0.2) is 0 Å². The largest absolute Gasteiger partial charge is 0.481 e. The van der Waals surface area contributed by atoms with Gasteiger partial charge in [-0.1, -0.05) is 0 Å². The van der Waals surface area contributed by atoms with E-state index >= 15 is 0 Å². The van der Waals surface area contributed by atoms with E-state index in [1.54, 1.807) is 0 Å². The molecule has 0 saturated heterocycles. The van der Waals surface area contributed by atoms with Gasteiger partial charge in [0.05, 0.1) is 15.3 Å². The Hall–Kier alpha value is -1.96. The number of hydrogen-bond donors (Lipinski definition) is 2. The van der Waals surface area contributed by atoms with Gasteiger partial charge < -0.3 is 10.4 Å². The normalized spacial score (nSPS) is 21.0. The molecule has 21 heavy (non-hydrogen) atoms. The van der Waals surface area contributed by atoms with Gasteiger partial charge in [-0.3, -0.25) is 19.7 Å². The molecule has 1 amide bonds. The Morgan fingerprint density at radius 2 is 2.00 bits per heavy atom. The van der Waals surface area contributed by atoms with Crippen LogP contribution in [0.2, 0.25) is 0 Å². The molecule has 1 saturated carbocycles. The standard InChI is InChI=1S/C13H13BrN2O5/c14-10-6-9(3-4-11(10)16(20)21)15-12(17)7-1-2-8(5-7)13(18)19/h3-4,6-8H,1-2,5H2,(H,15,17)(H,18,19). The average Bonchev–Trinajstić information content (AvgIpc) is 2.88. The summed E-state index contributed by atoms with van der Waals surface area (Å²) in [4.78, 5) is 33.1. The predicted molar refractivity (Wildman–Crippen MR) is 77.9 cm³/mol. The predicted octanol–water partition coefficient (Wildman–Crippen LogP) is 2.80. The van der Waals surface area contributed by atoms with E-state index in [9.17, 15) is 19.7 Å². The number of nitro benzene ring substituents is 1. The Bertz CT molecular complexity index is 604. The Balaban J connectivity index is 2.02. The summed E-state index contributed by atoms with van der Waals surface area (Å²) in [6.45, 7) is 0. The summed E-state index contributed by atoms with van der Waals surface area (Å²) in [5.74, 6) is -1.92. The monoisotopic (exact) mass is 356 g/mol. The highest BCUT2D eigenvalue weighted by molar-refractivity contribution is 9.10. The van der Waals surface area contributed by atoms with E-state index in [1.807, 2.05) is 0 Å². The summed E-state index contributed by atoms with van der Waals surface area (Å²) >= 11 is 3.08. The number of rotatable bonds is 4. The van der Waals surface area contributed by atoms with E-state index in [-0.39, 0.29) is 22.0 Å². The maximum atomic E-state index is 12.1. The van der Waals surface area contributed by atoms with Crippen molar-refractivity contribution in [2.75, 3.05) is 5.32 Å². The molecule has 0 aromatic heterocycles. The molecule has 8 heteroatoms. The van der Waals surface area contributed by atoms with Crippen molar-refractivity contribution in [3.8, 4) is 0 Å². The van der Waals surface area contributed by atoms with Crippen LogP contribution in [0.5, 0.6) is 0 Å². The van der Waals surface area contributed by atoms with Crippen LogP contribution in [0.25, 0.3) is 0 Å². The summed E-state index contributed by atoms with van der Waals surface area (Å²) in [5, 5.41) is 22.3. The molecule has 112 valence electrons. The first kappa shape index (κ1) is 15.4. The van der Waals surface area contributed by atoms with Gasteiger partial charge in [0.25, 0.3) is 5.69 Å². The van der Waals surface area contributed by atoms with Crippen LogP contribution in [-0.4, -0.2) is 21.9 Å². The fourth-order valence-electron chi connectivity index (χ4n) is 2.42. The van der Waals surface area contributed by atoms with Crippen molar-refractivity contribution >= 4 is 39.2 Å². The van der Waals surface area contributed by atoms with E-state index in [2.05, 4.69) is 21.2 Å². The molecule has 1 aliphatic carbocycles. The summed E-state index contributed by atoms with van der Waals surface area (Å²) in [6, 6.07) is 4.21. The highest BCUT2D eigenvalue weighted by Crippen LogP contribution is 2.33. The number of nitrogens with zero attached hydrogens (tertiary/aromatic N) is 1. The number of carboxylic acids is 1. The van der Waals surface area contributed by atoms with E-state index < -0.39 is 16.8 Å². The summed E-state index contributed by atoms with van der Waals surface area (Å²) < 4.78 is 0.278. The fourth-order valence-corrected chi connectivity index (χ4v) is 2.94. The third kappa shape index (κ3) is 3.57. The lowest BCUT2D eigenvalue weighted by Crippen LogP contribution is -2.21. The lowest BCUT2D eigenvalue weighted by molar-refractivity contribution is -0.385. The number of carbonyl (C=O) groups is 2. The van der Waals surface area contributed by atoms with Crippen molar-refractivity contribution in [1.82, 2.24) is 0 Å². The van der Waals surface area contributed by atoms with E-state index in [1.165, 1.54) is 18.2 Å². The minimum absolute atomic E-state index is 0.0835. The lowest BCUT2D eigenvalue weighted by Gasteiger charge is -2.11. The van der Waals surface area contributed by atoms with E-state index in [0.717, 1.165) is 0 Å². The van der Waals surface area contributed by atoms with Crippen molar-refractivity contribution in [2.24, 2.45) is 11.8 Å². The molecule has 1 fully saturated rings. The number of nitro groups is 1. The number of anilines is 1. The maximum Gasteiger partial charge on any atom is 0.306 e. The second-order valence-corrected chi connectivity index (χ2v) is 5.81. The Morgan fingerprint density at radius 1 is 1.33 bits per heavy atom. The van der Waals surface area contributed by atoms with Gasteiger partial charge in [0.2, 0.25) is 5.91 Å². The topological polar surface area (TPSA) is 110 Å². The van der Waals surface area contributed by atoms with Crippen LogP contribution in [0.1, 0.15) is 19.3 Å². The fraction of sp³-hybridized carbons (Fsp3) is 0.385. The number of amides is 1. The molecule has 1 aliphatic rings. The molecule has 2 unspecified atom stereocenters. The van der Waals surface area contributed by atoms with Crippen LogP contribution in [0.3, 0.4) is 0 Å². The van der Waals surface area contributed by atoms with Gasteiger partial charge >= 0.3 is 5.97 Å². The zero-order valence-corrected chi connectivity index (χ0v) is 12.5. The SMILES string of the molecule is O=C(O)C1CCC(C(=O)Nc2ccc([N+](=O)[O-])c(Br)c2)C1. The molecule has 0 bridgehead atoms. The molecule has 0 radical (unpaired) electrons. The molecule has 0 heterocycles. The van der Waals surface area contributed by atoms with Crippen LogP contribution in [0.4, 0.5) is 11.4 Å². The third-order valence-corrected chi connectivity index (χ3v) is 4.20. The minimum atomic E-state index is -0.872. The van der Waals surface area contributed by atoms with Crippen LogP contribution < -0.4 is 5.32 Å². The third-order valence-electron chi connectivity index (χ3n) is 3.56. The molecule has 1 aromatic carbocycles. The Labute approximate surface area is 128 Å². The zero-order valence-electron chi connectivity index (χ0n) is 10.9. The molecule has 0 spiro atoms. The number of benzene rings is 1. The smallest absolute Gasteiger partial charge is 0.306 e. The molecule has 2 N–H and O–H groups in total. The van der Waals surface area contributed by atoms with Gasteiger partial charge in [-0.25, -0.2) is 0 Å². The van der Waals surface area contributed by atoms with E-state index in [0.29, 0.717) is 24.9 Å². The van der Waals surface area contributed by atoms with Crippen LogP contribution >= 0.6 is 15.9 Å². The van der Waals surface area contributed by atoms with Crippen molar-refractivity contribution in [2.45, 2.75) is 19.3 Å². The van der Waals surface area contributed by atoms with Crippen molar-refractivity contribution in [3.63, 3.8) is 0 Å². The highest BCUT2D eigenvalue weighted by atomic mass is 79.9. The van der Waals surface area contributed by atoms with Crippen molar-refractivity contribution < 1.29 is 19.6 Å². The summed E-state index contributed by atoms with van der Waals surface area (Å²) in [6.07, 6.45) is 1.36. The molecule has 1 aromatic rings.